The van der Waals surface area contributed by atoms with Gasteiger partial charge in [0.2, 0.25) is 0 Å². The molecule has 1 saturated heterocycles. The van der Waals surface area contributed by atoms with Crippen molar-refractivity contribution in [2.75, 3.05) is 0 Å². The fourth-order valence-corrected chi connectivity index (χ4v) is 2.36. The molecule has 0 saturated carbocycles. The van der Waals surface area contributed by atoms with Gasteiger partial charge in [0.1, 0.15) is 6.10 Å². The van der Waals surface area contributed by atoms with Crippen LogP contribution in [0.25, 0.3) is 0 Å². The Balaban J connectivity index is 1.74. The topological polar surface area (TPSA) is 29.6 Å². The highest BCUT2D eigenvalue weighted by Gasteiger charge is 2.46. The summed E-state index contributed by atoms with van der Waals surface area (Å²) in [5, 5.41) is 0. The van der Waals surface area contributed by atoms with Gasteiger partial charge in [0.25, 0.3) is 0 Å². The Bertz CT molecular complexity index is 602. The second-order valence-electron chi connectivity index (χ2n) is 4.76. The van der Waals surface area contributed by atoms with Gasteiger partial charge in [-0.3, -0.25) is 4.79 Å². The Morgan fingerprint density at radius 3 is 2.32 bits per heavy atom. The second-order valence-corrected chi connectivity index (χ2v) is 5.67. The van der Waals surface area contributed by atoms with E-state index < -0.39 is 0 Å². The molecule has 19 heavy (non-hydrogen) atoms. The van der Waals surface area contributed by atoms with Gasteiger partial charge >= 0.3 is 0 Å². The predicted octanol–water partition coefficient (Wildman–Crippen LogP) is 4.08. The third-order valence-electron chi connectivity index (χ3n) is 3.28. The average molecular weight is 317 g/mol. The molecule has 1 fully saturated rings. The summed E-state index contributed by atoms with van der Waals surface area (Å²) in [5.41, 5.74) is 2.98. The zero-order valence-corrected chi connectivity index (χ0v) is 12.1. The molecule has 2 aromatic carbocycles. The molecule has 0 bridgehead atoms. The minimum atomic E-state index is -0.330. The van der Waals surface area contributed by atoms with Crippen LogP contribution in [-0.2, 0) is 4.74 Å². The number of ether oxygens (including phenoxy) is 1. The molecular weight excluding hydrogens is 304 g/mol. The van der Waals surface area contributed by atoms with Crippen LogP contribution in [0.4, 0.5) is 0 Å². The van der Waals surface area contributed by atoms with Crippen LogP contribution in [0.1, 0.15) is 27.6 Å². The number of benzene rings is 2. The average Bonchev–Trinajstić information content (AvgIpc) is 3.20. The summed E-state index contributed by atoms with van der Waals surface area (Å²) in [6.07, 6.45) is -0.416. The maximum atomic E-state index is 12.2. The number of aryl methyl sites for hydroxylation is 1. The molecule has 96 valence electrons. The number of ketones is 1. The Morgan fingerprint density at radius 2 is 1.68 bits per heavy atom. The van der Waals surface area contributed by atoms with Crippen molar-refractivity contribution in [3.63, 3.8) is 0 Å². The van der Waals surface area contributed by atoms with Gasteiger partial charge in [-0.1, -0.05) is 57.9 Å². The molecule has 2 atom stereocenters. The largest absolute Gasteiger partial charge is 0.356 e. The summed E-state index contributed by atoms with van der Waals surface area (Å²) < 4.78 is 6.50. The summed E-state index contributed by atoms with van der Waals surface area (Å²) in [7, 11) is 0. The molecular formula is C16H13BrO2. The van der Waals surface area contributed by atoms with E-state index in [-0.39, 0.29) is 18.0 Å². The fraction of sp³-hybridized carbons (Fsp3) is 0.188. The van der Waals surface area contributed by atoms with Gasteiger partial charge in [0.15, 0.2) is 11.9 Å². The highest BCUT2D eigenvalue weighted by molar-refractivity contribution is 9.10. The maximum Gasteiger partial charge on any atom is 0.194 e. The zero-order valence-electron chi connectivity index (χ0n) is 10.5. The maximum absolute atomic E-state index is 12.2. The number of Topliss-reactive ketones (excluding diaryl/α,β-unsaturated/α-hetero) is 1. The number of hydrogen-bond acceptors (Lipinski definition) is 2. The predicted molar refractivity (Wildman–Crippen MR) is 77.3 cm³/mol. The van der Waals surface area contributed by atoms with E-state index in [4.69, 9.17) is 4.74 Å². The first-order chi connectivity index (χ1) is 9.15. The Morgan fingerprint density at radius 1 is 1.05 bits per heavy atom. The zero-order chi connectivity index (χ0) is 13.4. The van der Waals surface area contributed by atoms with Crippen LogP contribution in [0.5, 0.6) is 0 Å². The van der Waals surface area contributed by atoms with Crippen LogP contribution in [0, 0.1) is 6.92 Å². The smallest absolute Gasteiger partial charge is 0.194 e. The fourth-order valence-electron chi connectivity index (χ4n) is 2.10. The monoisotopic (exact) mass is 316 g/mol. The molecule has 0 aliphatic carbocycles. The van der Waals surface area contributed by atoms with Crippen LogP contribution in [-0.4, -0.2) is 11.9 Å². The van der Waals surface area contributed by atoms with Crippen molar-refractivity contribution in [2.45, 2.75) is 19.1 Å². The first kappa shape index (κ1) is 12.6. The third kappa shape index (κ3) is 2.62. The van der Waals surface area contributed by atoms with Gasteiger partial charge in [-0.05, 0) is 24.6 Å². The molecule has 2 nitrogen and oxygen atoms in total. The molecule has 3 rings (SSSR count). The molecule has 2 aromatic rings. The van der Waals surface area contributed by atoms with Crippen molar-refractivity contribution < 1.29 is 9.53 Å². The van der Waals surface area contributed by atoms with Crippen LogP contribution in [0.3, 0.4) is 0 Å². The van der Waals surface area contributed by atoms with Crippen molar-refractivity contribution in [1.29, 1.82) is 0 Å². The lowest BCUT2D eigenvalue weighted by Crippen LogP contribution is -2.07. The summed E-state index contributed by atoms with van der Waals surface area (Å²) in [5.74, 6) is 0.0538. The Kier molecular flexibility index (Phi) is 3.25. The van der Waals surface area contributed by atoms with Crippen molar-refractivity contribution in [3.8, 4) is 0 Å². The SMILES string of the molecule is Cc1ccc(C2OC2C(=O)c2ccc(Br)cc2)cc1. The van der Waals surface area contributed by atoms with Crippen LogP contribution in [0.15, 0.2) is 53.0 Å². The minimum Gasteiger partial charge on any atom is -0.356 e. The van der Waals surface area contributed by atoms with Crippen molar-refractivity contribution in [2.24, 2.45) is 0 Å². The van der Waals surface area contributed by atoms with E-state index >= 15 is 0 Å². The number of carbonyl (C=O) groups excluding carboxylic acids is 1. The van der Waals surface area contributed by atoms with Crippen molar-refractivity contribution in [3.05, 3.63) is 69.7 Å². The van der Waals surface area contributed by atoms with Gasteiger partial charge in [0, 0.05) is 10.0 Å². The van der Waals surface area contributed by atoms with E-state index in [0.29, 0.717) is 5.56 Å². The number of rotatable bonds is 3. The Hall–Kier alpha value is -1.45. The molecule has 3 heteroatoms. The molecule has 0 radical (unpaired) electrons. The minimum absolute atomic E-state index is 0.0538. The van der Waals surface area contributed by atoms with E-state index in [1.807, 2.05) is 55.5 Å². The van der Waals surface area contributed by atoms with E-state index in [1.54, 1.807) is 0 Å². The number of halogens is 1. The molecule has 1 heterocycles. The lowest BCUT2D eigenvalue weighted by molar-refractivity contribution is 0.0953. The van der Waals surface area contributed by atoms with E-state index in [0.717, 1.165) is 10.0 Å². The quantitative estimate of drug-likeness (QED) is 0.630. The molecule has 0 N–H and O–H groups in total. The first-order valence-electron chi connectivity index (χ1n) is 6.17. The Labute approximate surface area is 120 Å². The van der Waals surface area contributed by atoms with Gasteiger partial charge in [-0.25, -0.2) is 0 Å². The lowest BCUT2D eigenvalue weighted by Gasteiger charge is -1.99. The summed E-state index contributed by atoms with van der Waals surface area (Å²) in [6.45, 7) is 2.04. The number of hydrogen-bond donors (Lipinski definition) is 0. The standard InChI is InChI=1S/C16H13BrO2/c1-10-2-4-12(5-3-10)15-16(19-15)14(18)11-6-8-13(17)9-7-11/h2-9,15-16H,1H3. The summed E-state index contributed by atoms with van der Waals surface area (Å²) >= 11 is 3.36. The molecule has 1 aliphatic rings. The van der Waals surface area contributed by atoms with Crippen molar-refractivity contribution >= 4 is 21.7 Å². The summed E-state index contributed by atoms with van der Waals surface area (Å²) in [4.78, 5) is 12.2. The lowest BCUT2D eigenvalue weighted by atomic mass is 10.0. The van der Waals surface area contributed by atoms with Crippen LogP contribution in [0.2, 0.25) is 0 Å². The molecule has 0 aromatic heterocycles. The van der Waals surface area contributed by atoms with Crippen molar-refractivity contribution in [1.82, 2.24) is 0 Å². The van der Waals surface area contributed by atoms with Crippen LogP contribution < -0.4 is 0 Å². The third-order valence-corrected chi connectivity index (χ3v) is 3.81. The number of carbonyl (C=O) groups is 1. The van der Waals surface area contributed by atoms with E-state index in [2.05, 4.69) is 15.9 Å². The second kappa shape index (κ2) is 4.91. The highest BCUT2D eigenvalue weighted by atomic mass is 79.9. The molecule has 0 spiro atoms. The highest BCUT2D eigenvalue weighted by Crippen LogP contribution is 2.40. The van der Waals surface area contributed by atoms with Gasteiger partial charge in [0.05, 0.1) is 0 Å². The molecule has 2 unspecified atom stereocenters. The van der Waals surface area contributed by atoms with Crippen LogP contribution >= 0.6 is 15.9 Å². The van der Waals surface area contributed by atoms with Gasteiger partial charge < -0.3 is 4.74 Å². The first-order valence-corrected chi connectivity index (χ1v) is 6.96. The normalized spacial score (nSPS) is 21.2. The van der Waals surface area contributed by atoms with Gasteiger partial charge in [-0.2, -0.15) is 0 Å². The van der Waals surface area contributed by atoms with E-state index in [9.17, 15) is 4.79 Å². The summed E-state index contributed by atoms with van der Waals surface area (Å²) in [6, 6.07) is 15.5. The van der Waals surface area contributed by atoms with E-state index in [1.165, 1.54) is 5.56 Å². The van der Waals surface area contributed by atoms with Gasteiger partial charge in [-0.15, -0.1) is 0 Å². The molecule has 0 amide bonds. The molecule has 1 aliphatic heterocycles. The number of epoxide rings is 1.